The number of ketones is 1. The fraction of sp³-hybridized carbons (Fsp3) is 0.300. The predicted octanol–water partition coefficient (Wildman–Crippen LogP) is 4.20. The summed E-state index contributed by atoms with van der Waals surface area (Å²) in [6.45, 7) is 1.51. The van der Waals surface area contributed by atoms with Crippen molar-refractivity contribution < 1.29 is 13.6 Å². The topological polar surface area (TPSA) is 17.1 Å². The van der Waals surface area contributed by atoms with E-state index in [9.17, 15) is 13.6 Å². The highest BCUT2D eigenvalue weighted by Crippen LogP contribution is 2.25. The van der Waals surface area contributed by atoms with Crippen molar-refractivity contribution in [2.45, 2.75) is 18.7 Å². The first-order valence-electron chi connectivity index (χ1n) is 4.18. The minimum Gasteiger partial charge on any atom is -0.293 e. The van der Waals surface area contributed by atoms with Gasteiger partial charge >= 0.3 is 0 Å². The Bertz CT molecular complexity index is 380. The van der Waals surface area contributed by atoms with Crippen molar-refractivity contribution in [3.05, 3.63) is 33.8 Å². The van der Waals surface area contributed by atoms with Crippen LogP contribution in [0.2, 0.25) is 0 Å². The highest BCUT2D eigenvalue weighted by atomic mass is 79.9. The molecule has 0 saturated heterocycles. The Balaban J connectivity index is 3.14. The van der Waals surface area contributed by atoms with Gasteiger partial charge < -0.3 is 0 Å². The molecule has 0 saturated carbocycles. The van der Waals surface area contributed by atoms with Crippen LogP contribution in [0.1, 0.15) is 29.3 Å². The Hall–Kier alpha value is -0.480. The van der Waals surface area contributed by atoms with Crippen LogP contribution in [0.3, 0.4) is 0 Å². The lowest BCUT2D eigenvalue weighted by Crippen LogP contribution is -2.10. The van der Waals surface area contributed by atoms with E-state index in [4.69, 9.17) is 11.6 Å². The quantitative estimate of drug-likeness (QED) is 0.604. The molecule has 0 aliphatic carbocycles. The summed E-state index contributed by atoms with van der Waals surface area (Å²) in [4.78, 5) is 11.5. The molecule has 1 atom stereocenters. The van der Waals surface area contributed by atoms with Gasteiger partial charge in [0, 0.05) is 15.6 Å². The zero-order valence-electron chi connectivity index (χ0n) is 7.81. The first-order chi connectivity index (χ1) is 6.91. The number of rotatable bonds is 3. The SMILES string of the molecule is CC(Cl)C(=O)c1cc(Br)cc(C(F)F)c1. The van der Waals surface area contributed by atoms with E-state index in [0.29, 0.717) is 4.47 Å². The second kappa shape index (κ2) is 5.03. The zero-order valence-corrected chi connectivity index (χ0v) is 10.1. The Labute approximate surface area is 99.6 Å². The molecule has 0 radical (unpaired) electrons. The van der Waals surface area contributed by atoms with Gasteiger partial charge in [0.05, 0.1) is 5.38 Å². The number of carbonyl (C=O) groups is 1. The molecule has 1 aromatic rings. The van der Waals surface area contributed by atoms with Gasteiger partial charge in [-0.1, -0.05) is 15.9 Å². The molecule has 0 aromatic heterocycles. The second-order valence-electron chi connectivity index (χ2n) is 3.05. The molecule has 5 heteroatoms. The summed E-state index contributed by atoms with van der Waals surface area (Å²) in [7, 11) is 0. The van der Waals surface area contributed by atoms with E-state index >= 15 is 0 Å². The van der Waals surface area contributed by atoms with E-state index < -0.39 is 11.8 Å². The molecule has 82 valence electrons. The van der Waals surface area contributed by atoms with Crippen LogP contribution in [-0.4, -0.2) is 11.2 Å². The third kappa shape index (κ3) is 3.24. The summed E-state index contributed by atoms with van der Waals surface area (Å²) in [5, 5.41) is -0.718. The number of Topliss-reactive ketones (excluding diaryl/α,β-unsaturated/α-hetero) is 1. The Morgan fingerprint density at radius 2 is 2.00 bits per heavy atom. The highest BCUT2D eigenvalue weighted by molar-refractivity contribution is 9.10. The molecule has 1 nitrogen and oxygen atoms in total. The Morgan fingerprint density at radius 1 is 1.40 bits per heavy atom. The molecule has 0 aliphatic heterocycles. The Morgan fingerprint density at radius 3 is 2.47 bits per heavy atom. The number of hydrogen-bond acceptors (Lipinski definition) is 1. The Kier molecular flexibility index (Phi) is 4.22. The predicted molar refractivity (Wildman–Crippen MR) is 58.7 cm³/mol. The number of alkyl halides is 3. The molecule has 1 rings (SSSR count). The van der Waals surface area contributed by atoms with Crippen LogP contribution in [0.25, 0.3) is 0 Å². The second-order valence-corrected chi connectivity index (χ2v) is 4.62. The monoisotopic (exact) mass is 296 g/mol. The van der Waals surface area contributed by atoms with E-state index in [1.54, 1.807) is 0 Å². The van der Waals surface area contributed by atoms with Gasteiger partial charge in [0.15, 0.2) is 5.78 Å². The lowest BCUT2D eigenvalue weighted by Gasteiger charge is -2.06. The molecule has 0 amide bonds. The van der Waals surface area contributed by atoms with E-state index in [-0.39, 0.29) is 16.9 Å². The molecule has 0 bridgehead atoms. The normalized spacial score (nSPS) is 12.9. The van der Waals surface area contributed by atoms with Crippen LogP contribution >= 0.6 is 27.5 Å². The maximum atomic E-state index is 12.4. The van der Waals surface area contributed by atoms with Crippen molar-refractivity contribution in [2.75, 3.05) is 0 Å². The van der Waals surface area contributed by atoms with Crippen molar-refractivity contribution in [1.82, 2.24) is 0 Å². The zero-order chi connectivity index (χ0) is 11.6. The van der Waals surface area contributed by atoms with Gasteiger partial charge in [0.2, 0.25) is 0 Å². The van der Waals surface area contributed by atoms with Gasteiger partial charge in [-0.05, 0) is 25.1 Å². The van der Waals surface area contributed by atoms with Crippen LogP contribution in [-0.2, 0) is 0 Å². The van der Waals surface area contributed by atoms with Crippen LogP contribution in [0.4, 0.5) is 8.78 Å². The third-order valence-corrected chi connectivity index (χ3v) is 2.47. The highest BCUT2D eigenvalue weighted by Gasteiger charge is 2.16. The summed E-state index contributed by atoms with van der Waals surface area (Å²) in [5.74, 6) is -0.361. The first-order valence-corrected chi connectivity index (χ1v) is 5.41. The molecule has 1 aromatic carbocycles. The minimum absolute atomic E-state index is 0.190. The molecule has 0 spiro atoms. The lowest BCUT2D eigenvalue weighted by atomic mass is 10.1. The molecular formula is C10H8BrClF2O. The summed E-state index contributed by atoms with van der Waals surface area (Å²) in [6.07, 6.45) is -2.60. The van der Waals surface area contributed by atoms with Crippen LogP contribution in [0.15, 0.2) is 22.7 Å². The summed E-state index contributed by atoms with van der Waals surface area (Å²) in [6, 6.07) is 3.92. The first kappa shape index (κ1) is 12.6. The number of carbonyl (C=O) groups excluding carboxylic acids is 1. The van der Waals surface area contributed by atoms with Crippen molar-refractivity contribution in [2.24, 2.45) is 0 Å². The molecule has 1 unspecified atom stereocenters. The van der Waals surface area contributed by atoms with Gasteiger partial charge in [0.1, 0.15) is 0 Å². The summed E-state index contributed by atoms with van der Waals surface area (Å²) in [5.41, 5.74) is 0.00668. The van der Waals surface area contributed by atoms with Crippen LogP contribution < -0.4 is 0 Å². The minimum atomic E-state index is -2.60. The van der Waals surface area contributed by atoms with Crippen LogP contribution in [0, 0.1) is 0 Å². The van der Waals surface area contributed by atoms with Crippen molar-refractivity contribution in [1.29, 1.82) is 0 Å². The average molecular weight is 298 g/mol. The smallest absolute Gasteiger partial charge is 0.263 e. The maximum absolute atomic E-state index is 12.4. The van der Waals surface area contributed by atoms with Gasteiger partial charge in [-0.15, -0.1) is 11.6 Å². The van der Waals surface area contributed by atoms with Gasteiger partial charge in [0.25, 0.3) is 6.43 Å². The van der Waals surface area contributed by atoms with Crippen molar-refractivity contribution in [3.8, 4) is 0 Å². The molecule has 15 heavy (non-hydrogen) atoms. The summed E-state index contributed by atoms with van der Waals surface area (Å²) >= 11 is 8.66. The van der Waals surface area contributed by atoms with Gasteiger partial charge in [-0.3, -0.25) is 4.79 Å². The van der Waals surface area contributed by atoms with Gasteiger partial charge in [-0.2, -0.15) is 0 Å². The largest absolute Gasteiger partial charge is 0.293 e. The number of hydrogen-bond donors (Lipinski definition) is 0. The molecule has 0 aliphatic rings. The van der Waals surface area contributed by atoms with Crippen molar-refractivity contribution in [3.63, 3.8) is 0 Å². The van der Waals surface area contributed by atoms with E-state index in [0.717, 1.165) is 6.07 Å². The maximum Gasteiger partial charge on any atom is 0.263 e. The van der Waals surface area contributed by atoms with Gasteiger partial charge in [-0.25, -0.2) is 8.78 Å². The molecule has 0 heterocycles. The van der Waals surface area contributed by atoms with Crippen LogP contribution in [0.5, 0.6) is 0 Å². The average Bonchev–Trinajstić information content (AvgIpc) is 2.15. The summed E-state index contributed by atoms with van der Waals surface area (Å²) < 4.78 is 25.3. The fourth-order valence-corrected chi connectivity index (χ4v) is 1.75. The molecular weight excluding hydrogens is 289 g/mol. The number of benzene rings is 1. The lowest BCUT2D eigenvalue weighted by molar-refractivity contribution is 0.0991. The third-order valence-electron chi connectivity index (χ3n) is 1.82. The standard InChI is InChI=1S/C10H8BrClF2O/c1-5(12)9(15)6-2-7(10(13)14)4-8(11)3-6/h2-5,10H,1H3. The fourth-order valence-electron chi connectivity index (χ4n) is 1.11. The van der Waals surface area contributed by atoms with Crippen molar-refractivity contribution >= 4 is 33.3 Å². The molecule has 0 N–H and O–H groups in total. The van der Waals surface area contributed by atoms with E-state index in [1.807, 2.05) is 0 Å². The molecule has 0 fully saturated rings. The number of halogens is 4. The van der Waals surface area contributed by atoms with E-state index in [2.05, 4.69) is 15.9 Å². The van der Waals surface area contributed by atoms with E-state index in [1.165, 1.54) is 19.1 Å².